The van der Waals surface area contributed by atoms with Crippen LogP contribution in [0.15, 0.2) is 22.6 Å². The minimum Gasteiger partial charge on any atom is -0.451 e. The molecule has 1 fully saturated rings. The number of nitrogens with two attached hydrogens (primary N) is 1. The number of benzene rings is 1. The quantitative estimate of drug-likeness (QED) is 0.911. The molecule has 1 saturated carbocycles. The number of aryl methyl sites for hydroxylation is 1. The molecule has 1 aliphatic rings. The summed E-state index contributed by atoms with van der Waals surface area (Å²) in [7, 11) is 0. The number of fused-ring (bicyclic) bond motifs is 1. The van der Waals surface area contributed by atoms with Gasteiger partial charge in [-0.1, -0.05) is 11.6 Å². The summed E-state index contributed by atoms with van der Waals surface area (Å²) in [5.74, 6) is 0.595. The van der Waals surface area contributed by atoms with E-state index in [-0.39, 0.29) is 11.4 Å². The molecule has 0 spiro atoms. The summed E-state index contributed by atoms with van der Waals surface area (Å²) in [5, 5.41) is 4.54. The van der Waals surface area contributed by atoms with Crippen LogP contribution < -0.4 is 11.1 Å². The number of nitrogens with one attached hydrogen (secondary N) is 1. The summed E-state index contributed by atoms with van der Waals surface area (Å²) in [4.78, 5) is 12.5. The molecule has 1 amide bonds. The van der Waals surface area contributed by atoms with Crippen LogP contribution in [0.4, 0.5) is 0 Å². The van der Waals surface area contributed by atoms with E-state index in [1.807, 2.05) is 19.9 Å². The van der Waals surface area contributed by atoms with Gasteiger partial charge in [0.25, 0.3) is 5.91 Å². The Morgan fingerprint density at radius 3 is 2.86 bits per heavy atom. The molecule has 1 heterocycles. The second kappa shape index (κ2) is 5.04. The van der Waals surface area contributed by atoms with Gasteiger partial charge in [-0.05, 0) is 50.8 Å². The predicted molar refractivity (Wildman–Crippen MR) is 83.6 cm³/mol. The van der Waals surface area contributed by atoms with Crippen LogP contribution in [0.3, 0.4) is 0 Å². The first-order valence-electron chi connectivity index (χ1n) is 7.16. The average Bonchev–Trinajstić information content (AvgIpc) is 3.26. The smallest absolute Gasteiger partial charge is 0.287 e. The molecule has 21 heavy (non-hydrogen) atoms. The zero-order valence-corrected chi connectivity index (χ0v) is 13.0. The number of hydrogen-bond acceptors (Lipinski definition) is 3. The van der Waals surface area contributed by atoms with Crippen molar-refractivity contribution in [1.82, 2.24) is 5.32 Å². The van der Waals surface area contributed by atoms with Crippen molar-refractivity contribution < 1.29 is 9.21 Å². The molecule has 0 radical (unpaired) electrons. The number of hydrogen-bond donors (Lipinski definition) is 2. The SMILES string of the molecule is Cc1c(C(=O)NC(C)(CN)C2CC2)oc2ccc(Cl)cc12. The zero-order chi connectivity index (χ0) is 15.2. The third kappa shape index (κ3) is 2.54. The molecule has 2 aromatic rings. The standard InChI is InChI=1S/C16H19ClN2O2/c1-9-12-7-11(17)5-6-13(12)21-14(9)15(20)19-16(2,8-18)10-3-4-10/h5-7,10H,3-4,8,18H2,1-2H3,(H,19,20). The van der Waals surface area contributed by atoms with Crippen LogP contribution in [-0.4, -0.2) is 18.0 Å². The van der Waals surface area contributed by atoms with Gasteiger partial charge in [0.15, 0.2) is 5.76 Å². The molecule has 1 unspecified atom stereocenters. The number of amides is 1. The Morgan fingerprint density at radius 2 is 2.24 bits per heavy atom. The normalized spacial score (nSPS) is 17.7. The lowest BCUT2D eigenvalue weighted by molar-refractivity contribution is 0.0870. The number of furan rings is 1. The highest BCUT2D eigenvalue weighted by atomic mass is 35.5. The van der Waals surface area contributed by atoms with Crippen molar-refractivity contribution in [3.8, 4) is 0 Å². The summed E-state index contributed by atoms with van der Waals surface area (Å²) >= 11 is 6.00. The first-order valence-corrected chi connectivity index (χ1v) is 7.53. The molecular weight excluding hydrogens is 288 g/mol. The molecule has 1 atom stereocenters. The molecule has 4 nitrogen and oxygen atoms in total. The van der Waals surface area contributed by atoms with Crippen LogP contribution >= 0.6 is 11.6 Å². The van der Waals surface area contributed by atoms with E-state index in [2.05, 4.69) is 5.32 Å². The van der Waals surface area contributed by atoms with E-state index in [0.29, 0.717) is 28.8 Å². The summed E-state index contributed by atoms with van der Waals surface area (Å²) < 4.78 is 5.69. The number of rotatable bonds is 4. The maximum atomic E-state index is 12.5. The molecule has 1 aromatic carbocycles. The summed E-state index contributed by atoms with van der Waals surface area (Å²) in [5.41, 5.74) is 6.96. The molecule has 112 valence electrons. The lowest BCUT2D eigenvalue weighted by Gasteiger charge is -2.29. The van der Waals surface area contributed by atoms with Gasteiger partial charge in [0.05, 0.1) is 5.54 Å². The molecular formula is C16H19ClN2O2. The number of carbonyl (C=O) groups excluding carboxylic acids is 1. The third-order valence-electron chi connectivity index (χ3n) is 4.41. The van der Waals surface area contributed by atoms with Gasteiger partial charge in [0.2, 0.25) is 0 Å². The molecule has 3 N–H and O–H groups in total. The van der Waals surface area contributed by atoms with E-state index in [4.69, 9.17) is 21.8 Å². The Balaban J connectivity index is 1.92. The fourth-order valence-corrected chi connectivity index (χ4v) is 2.94. The van der Waals surface area contributed by atoms with E-state index in [0.717, 1.165) is 23.8 Å². The van der Waals surface area contributed by atoms with Gasteiger partial charge >= 0.3 is 0 Å². The fourth-order valence-electron chi connectivity index (χ4n) is 2.77. The van der Waals surface area contributed by atoms with Crippen LogP contribution in [0.1, 0.15) is 35.9 Å². The van der Waals surface area contributed by atoms with E-state index >= 15 is 0 Å². The minimum absolute atomic E-state index is 0.209. The van der Waals surface area contributed by atoms with Gasteiger partial charge in [-0.15, -0.1) is 0 Å². The van der Waals surface area contributed by atoms with Crippen LogP contribution in [0.2, 0.25) is 5.02 Å². The molecule has 0 bridgehead atoms. The highest BCUT2D eigenvalue weighted by Gasteiger charge is 2.42. The first kappa shape index (κ1) is 14.4. The van der Waals surface area contributed by atoms with Gasteiger partial charge < -0.3 is 15.5 Å². The second-order valence-electron chi connectivity index (χ2n) is 6.05. The predicted octanol–water partition coefficient (Wildman–Crippen LogP) is 3.25. The summed E-state index contributed by atoms with van der Waals surface area (Å²) in [6.07, 6.45) is 2.23. The van der Waals surface area contributed by atoms with Crippen molar-refractivity contribution in [2.24, 2.45) is 11.7 Å². The van der Waals surface area contributed by atoms with Gasteiger partial charge in [-0.25, -0.2) is 0 Å². The van der Waals surface area contributed by atoms with Crippen molar-refractivity contribution in [3.63, 3.8) is 0 Å². The van der Waals surface area contributed by atoms with E-state index in [9.17, 15) is 4.79 Å². The lowest BCUT2D eigenvalue weighted by Crippen LogP contribution is -2.53. The maximum Gasteiger partial charge on any atom is 0.287 e. The number of carbonyl (C=O) groups is 1. The topological polar surface area (TPSA) is 68.3 Å². The molecule has 0 aliphatic heterocycles. The number of halogens is 1. The Morgan fingerprint density at radius 1 is 1.52 bits per heavy atom. The fraction of sp³-hybridized carbons (Fsp3) is 0.438. The van der Waals surface area contributed by atoms with Crippen molar-refractivity contribution in [2.45, 2.75) is 32.2 Å². The Kier molecular flexibility index (Phi) is 3.46. The van der Waals surface area contributed by atoms with E-state index in [1.165, 1.54) is 0 Å². The molecule has 3 rings (SSSR count). The van der Waals surface area contributed by atoms with Gasteiger partial charge in [-0.3, -0.25) is 4.79 Å². The van der Waals surface area contributed by atoms with E-state index in [1.54, 1.807) is 12.1 Å². The van der Waals surface area contributed by atoms with Gasteiger partial charge in [-0.2, -0.15) is 0 Å². The van der Waals surface area contributed by atoms with Crippen LogP contribution in [0, 0.1) is 12.8 Å². The highest BCUT2D eigenvalue weighted by Crippen LogP contribution is 2.39. The molecule has 1 aliphatic carbocycles. The van der Waals surface area contributed by atoms with Crippen molar-refractivity contribution in [3.05, 3.63) is 34.5 Å². The molecule has 0 saturated heterocycles. The largest absolute Gasteiger partial charge is 0.451 e. The molecule has 5 heteroatoms. The Bertz CT molecular complexity index is 706. The minimum atomic E-state index is -0.361. The zero-order valence-electron chi connectivity index (χ0n) is 12.2. The maximum absolute atomic E-state index is 12.5. The first-order chi connectivity index (χ1) is 9.94. The molecule has 1 aromatic heterocycles. The van der Waals surface area contributed by atoms with E-state index < -0.39 is 0 Å². The van der Waals surface area contributed by atoms with Gasteiger partial charge in [0.1, 0.15) is 5.58 Å². The Labute approximate surface area is 128 Å². The third-order valence-corrected chi connectivity index (χ3v) is 4.64. The van der Waals surface area contributed by atoms with Gasteiger partial charge in [0, 0.05) is 22.5 Å². The van der Waals surface area contributed by atoms with Crippen LogP contribution in [0.25, 0.3) is 11.0 Å². The van der Waals surface area contributed by atoms with Crippen LogP contribution in [0.5, 0.6) is 0 Å². The van der Waals surface area contributed by atoms with Crippen molar-refractivity contribution in [1.29, 1.82) is 0 Å². The van der Waals surface area contributed by atoms with Crippen molar-refractivity contribution >= 4 is 28.5 Å². The lowest BCUT2D eigenvalue weighted by atomic mass is 9.95. The summed E-state index contributed by atoms with van der Waals surface area (Å²) in [6, 6.07) is 5.35. The monoisotopic (exact) mass is 306 g/mol. The summed E-state index contributed by atoms with van der Waals surface area (Å²) in [6.45, 7) is 4.29. The van der Waals surface area contributed by atoms with Crippen molar-refractivity contribution in [2.75, 3.05) is 6.54 Å². The Hall–Kier alpha value is -1.52. The average molecular weight is 307 g/mol. The second-order valence-corrected chi connectivity index (χ2v) is 6.48. The van der Waals surface area contributed by atoms with Crippen LogP contribution in [-0.2, 0) is 0 Å². The highest BCUT2D eigenvalue weighted by molar-refractivity contribution is 6.31.